The van der Waals surface area contributed by atoms with E-state index in [-0.39, 0.29) is 36.6 Å². The Morgan fingerprint density at radius 1 is 1.30 bits per heavy atom. The summed E-state index contributed by atoms with van der Waals surface area (Å²) >= 11 is 0.938. The highest BCUT2D eigenvalue weighted by Gasteiger charge is 2.34. The first-order valence-electron chi connectivity index (χ1n) is 5.75. The summed E-state index contributed by atoms with van der Waals surface area (Å²) in [5.41, 5.74) is 6.22. The van der Waals surface area contributed by atoms with Gasteiger partial charge in [-0.05, 0) is 35.5 Å². The van der Waals surface area contributed by atoms with Crippen LogP contribution in [0.25, 0.3) is 6.08 Å². The van der Waals surface area contributed by atoms with Gasteiger partial charge in [-0.2, -0.15) is 0 Å². The first-order valence-corrected chi connectivity index (χ1v) is 6.57. The Kier molecular flexibility index (Phi) is 6.06. The SMILES string of the molecule is COc1ccc(/C=C2/SC(=O)N(CCN)C2=O)cc1.Cl. The predicted molar refractivity (Wildman–Crippen MR) is 82.0 cm³/mol. The van der Waals surface area contributed by atoms with Crippen molar-refractivity contribution in [1.82, 2.24) is 4.90 Å². The number of amides is 2. The van der Waals surface area contributed by atoms with Crippen molar-refractivity contribution >= 4 is 41.4 Å². The molecule has 0 bridgehead atoms. The zero-order valence-electron chi connectivity index (χ0n) is 10.9. The smallest absolute Gasteiger partial charge is 0.293 e. The molecule has 1 aromatic rings. The topological polar surface area (TPSA) is 72.6 Å². The second-order valence-corrected chi connectivity index (χ2v) is 4.89. The van der Waals surface area contributed by atoms with Crippen molar-refractivity contribution < 1.29 is 14.3 Å². The van der Waals surface area contributed by atoms with Gasteiger partial charge in [-0.1, -0.05) is 12.1 Å². The monoisotopic (exact) mass is 314 g/mol. The third-order valence-corrected chi connectivity index (χ3v) is 3.55. The molecule has 2 rings (SSSR count). The van der Waals surface area contributed by atoms with Crippen LogP contribution in [0.1, 0.15) is 5.56 Å². The van der Waals surface area contributed by atoms with Gasteiger partial charge in [0.1, 0.15) is 5.75 Å². The summed E-state index contributed by atoms with van der Waals surface area (Å²) in [6.07, 6.45) is 1.70. The fourth-order valence-electron chi connectivity index (χ4n) is 1.67. The summed E-state index contributed by atoms with van der Waals surface area (Å²) < 4.78 is 5.06. The number of carbonyl (C=O) groups is 2. The van der Waals surface area contributed by atoms with Crippen LogP contribution in [-0.4, -0.2) is 36.2 Å². The molecule has 1 saturated heterocycles. The highest BCUT2D eigenvalue weighted by Crippen LogP contribution is 2.32. The maximum atomic E-state index is 12.0. The maximum absolute atomic E-state index is 12.0. The number of halogens is 1. The van der Waals surface area contributed by atoms with Gasteiger partial charge >= 0.3 is 0 Å². The minimum absolute atomic E-state index is 0. The van der Waals surface area contributed by atoms with Crippen LogP contribution in [0.5, 0.6) is 5.75 Å². The largest absolute Gasteiger partial charge is 0.497 e. The van der Waals surface area contributed by atoms with Gasteiger partial charge in [-0.3, -0.25) is 14.5 Å². The van der Waals surface area contributed by atoms with E-state index in [0.29, 0.717) is 4.91 Å². The predicted octanol–water partition coefficient (Wildman–Crippen LogP) is 2.11. The first kappa shape index (κ1) is 16.6. The van der Waals surface area contributed by atoms with Crippen LogP contribution >= 0.6 is 24.2 Å². The average molecular weight is 315 g/mol. The van der Waals surface area contributed by atoms with Crippen LogP contribution in [0, 0.1) is 0 Å². The van der Waals surface area contributed by atoms with Crippen LogP contribution in [0.4, 0.5) is 4.79 Å². The Morgan fingerprint density at radius 3 is 2.50 bits per heavy atom. The maximum Gasteiger partial charge on any atom is 0.293 e. The molecule has 0 radical (unpaired) electrons. The molecule has 1 fully saturated rings. The Bertz CT molecular complexity index is 531. The van der Waals surface area contributed by atoms with Crippen LogP contribution < -0.4 is 10.5 Å². The number of benzene rings is 1. The number of thioether (sulfide) groups is 1. The summed E-state index contributed by atoms with van der Waals surface area (Å²) in [5.74, 6) is 0.463. The molecule has 108 valence electrons. The first-order chi connectivity index (χ1) is 9.15. The lowest BCUT2D eigenvalue weighted by Gasteiger charge is -2.09. The quantitative estimate of drug-likeness (QED) is 0.862. The molecule has 0 spiro atoms. The molecule has 1 aromatic carbocycles. The van der Waals surface area contributed by atoms with E-state index < -0.39 is 0 Å². The molecule has 0 atom stereocenters. The van der Waals surface area contributed by atoms with Gasteiger partial charge in [-0.25, -0.2) is 0 Å². The molecule has 0 saturated carbocycles. The molecule has 1 aliphatic heterocycles. The molecule has 2 amide bonds. The number of nitrogens with two attached hydrogens (primary N) is 1. The van der Waals surface area contributed by atoms with Crippen LogP contribution in [0.3, 0.4) is 0 Å². The van der Waals surface area contributed by atoms with Gasteiger partial charge in [0.15, 0.2) is 0 Å². The number of hydrogen-bond acceptors (Lipinski definition) is 5. The van der Waals surface area contributed by atoms with Gasteiger partial charge in [0.2, 0.25) is 0 Å². The third-order valence-electron chi connectivity index (χ3n) is 2.64. The molecular formula is C13H15ClN2O3S. The molecule has 1 aliphatic rings. The molecule has 2 N–H and O–H groups in total. The second kappa shape index (κ2) is 7.33. The van der Waals surface area contributed by atoms with Crippen molar-refractivity contribution in [1.29, 1.82) is 0 Å². The van der Waals surface area contributed by atoms with Crippen LogP contribution in [0.15, 0.2) is 29.2 Å². The molecular weight excluding hydrogens is 300 g/mol. The minimum atomic E-state index is -0.281. The zero-order valence-corrected chi connectivity index (χ0v) is 12.5. The Labute approximate surface area is 127 Å². The molecule has 20 heavy (non-hydrogen) atoms. The summed E-state index contributed by atoms with van der Waals surface area (Å²) in [5, 5.41) is -0.268. The molecule has 0 unspecified atom stereocenters. The van der Waals surface area contributed by atoms with E-state index in [1.54, 1.807) is 25.3 Å². The van der Waals surface area contributed by atoms with Crippen LogP contribution in [-0.2, 0) is 4.79 Å². The van der Waals surface area contributed by atoms with Gasteiger partial charge in [0, 0.05) is 13.1 Å². The number of carbonyl (C=O) groups excluding carboxylic acids is 2. The fraction of sp³-hybridized carbons (Fsp3) is 0.231. The number of methoxy groups -OCH3 is 1. The normalized spacial score (nSPS) is 16.5. The third kappa shape index (κ3) is 3.53. The number of imide groups is 1. The van der Waals surface area contributed by atoms with Crippen molar-refractivity contribution in [3.63, 3.8) is 0 Å². The summed E-state index contributed by atoms with van der Waals surface area (Å²) in [6, 6.07) is 7.26. The van der Waals surface area contributed by atoms with Crippen molar-refractivity contribution in [3.05, 3.63) is 34.7 Å². The average Bonchev–Trinajstić information content (AvgIpc) is 2.68. The number of ether oxygens (including phenoxy) is 1. The molecule has 5 nitrogen and oxygen atoms in total. The van der Waals surface area contributed by atoms with E-state index in [9.17, 15) is 9.59 Å². The van der Waals surface area contributed by atoms with Crippen LogP contribution in [0.2, 0.25) is 0 Å². The Morgan fingerprint density at radius 2 is 1.95 bits per heavy atom. The Balaban J connectivity index is 0.00000200. The lowest BCUT2D eigenvalue weighted by Crippen LogP contribution is -2.33. The number of rotatable bonds is 4. The number of nitrogens with zero attached hydrogens (tertiary/aromatic N) is 1. The zero-order chi connectivity index (χ0) is 13.8. The van der Waals surface area contributed by atoms with Gasteiger partial charge in [-0.15, -0.1) is 12.4 Å². The molecule has 0 aromatic heterocycles. The van der Waals surface area contributed by atoms with Crippen molar-refractivity contribution in [3.8, 4) is 5.75 Å². The van der Waals surface area contributed by atoms with E-state index in [2.05, 4.69) is 0 Å². The van der Waals surface area contributed by atoms with E-state index in [0.717, 1.165) is 23.1 Å². The number of hydrogen-bond donors (Lipinski definition) is 1. The van der Waals surface area contributed by atoms with E-state index in [1.807, 2.05) is 12.1 Å². The highest BCUT2D eigenvalue weighted by molar-refractivity contribution is 8.18. The summed E-state index contributed by atoms with van der Waals surface area (Å²) in [6.45, 7) is 0.526. The van der Waals surface area contributed by atoms with E-state index in [4.69, 9.17) is 10.5 Å². The van der Waals surface area contributed by atoms with Crippen molar-refractivity contribution in [2.75, 3.05) is 20.2 Å². The van der Waals surface area contributed by atoms with Gasteiger partial charge < -0.3 is 10.5 Å². The molecule has 7 heteroatoms. The van der Waals surface area contributed by atoms with Gasteiger partial charge in [0.25, 0.3) is 11.1 Å². The van der Waals surface area contributed by atoms with E-state index in [1.165, 1.54) is 4.90 Å². The standard InChI is InChI=1S/C13H14N2O3S.ClH/c1-18-10-4-2-9(3-5-10)8-11-12(16)15(7-6-14)13(17)19-11;/h2-5,8H,6-7,14H2,1H3;1H/b11-8+;. The molecule has 1 heterocycles. The summed E-state index contributed by atoms with van der Waals surface area (Å²) in [4.78, 5) is 25.2. The van der Waals surface area contributed by atoms with Crippen molar-refractivity contribution in [2.24, 2.45) is 5.73 Å². The lowest BCUT2D eigenvalue weighted by molar-refractivity contribution is -0.122. The highest BCUT2D eigenvalue weighted by atomic mass is 35.5. The lowest BCUT2D eigenvalue weighted by atomic mass is 10.2. The van der Waals surface area contributed by atoms with E-state index >= 15 is 0 Å². The fourth-order valence-corrected chi connectivity index (χ4v) is 2.54. The Hall–Kier alpha value is -1.50. The summed E-state index contributed by atoms with van der Waals surface area (Å²) in [7, 11) is 1.59. The molecule has 0 aliphatic carbocycles. The van der Waals surface area contributed by atoms with Gasteiger partial charge in [0.05, 0.1) is 12.0 Å². The minimum Gasteiger partial charge on any atom is -0.497 e. The second-order valence-electron chi connectivity index (χ2n) is 3.90. The van der Waals surface area contributed by atoms with Crippen molar-refractivity contribution in [2.45, 2.75) is 0 Å².